The second-order valence-electron chi connectivity index (χ2n) is 4.20. The first-order chi connectivity index (χ1) is 8.22. The van der Waals surface area contributed by atoms with Crippen LogP contribution >= 0.6 is 0 Å². The third-order valence-electron chi connectivity index (χ3n) is 3.01. The van der Waals surface area contributed by atoms with Crippen molar-refractivity contribution in [3.05, 3.63) is 29.3 Å². The fourth-order valence-corrected chi connectivity index (χ4v) is 2.04. The Kier molecular flexibility index (Phi) is 3.29. The summed E-state index contributed by atoms with van der Waals surface area (Å²) in [4.78, 5) is 13.9. The summed E-state index contributed by atoms with van der Waals surface area (Å²) in [5.74, 6) is -0.135. The summed E-state index contributed by atoms with van der Waals surface area (Å²) in [6.07, 6.45) is 3.24. The van der Waals surface area contributed by atoms with E-state index in [2.05, 4.69) is 0 Å². The SMILES string of the molecule is N#Cc1cc(C(=O)N2CCCCC2)ccc1O. The summed E-state index contributed by atoms with van der Waals surface area (Å²) < 4.78 is 0. The Hall–Kier alpha value is -2.02. The second kappa shape index (κ2) is 4.88. The number of rotatable bonds is 1. The van der Waals surface area contributed by atoms with Gasteiger partial charge in [-0.3, -0.25) is 4.79 Å². The van der Waals surface area contributed by atoms with Crippen molar-refractivity contribution < 1.29 is 9.90 Å². The van der Waals surface area contributed by atoms with Crippen molar-refractivity contribution in [2.45, 2.75) is 19.3 Å². The van der Waals surface area contributed by atoms with E-state index in [-0.39, 0.29) is 17.2 Å². The van der Waals surface area contributed by atoms with E-state index in [9.17, 15) is 9.90 Å². The van der Waals surface area contributed by atoms with E-state index in [1.807, 2.05) is 6.07 Å². The average Bonchev–Trinajstić information content (AvgIpc) is 2.39. The number of amides is 1. The standard InChI is InChI=1S/C13H14N2O2/c14-9-11-8-10(4-5-12(11)16)13(17)15-6-2-1-3-7-15/h4-5,8,16H,1-3,6-7H2. The largest absolute Gasteiger partial charge is 0.507 e. The highest BCUT2D eigenvalue weighted by molar-refractivity contribution is 5.94. The maximum absolute atomic E-state index is 12.1. The maximum Gasteiger partial charge on any atom is 0.253 e. The molecular weight excluding hydrogens is 216 g/mol. The highest BCUT2D eigenvalue weighted by Crippen LogP contribution is 2.19. The topological polar surface area (TPSA) is 64.3 Å². The molecule has 17 heavy (non-hydrogen) atoms. The molecule has 0 saturated carbocycles. The molecule has 2 rings (SSSR count). The van der Waals surface area contributed by atoms with Gasteiger partial charge in [-0.25, -0.2) is 0 Å². The summed E-state index contributed by atoms with van der Waals surface area (Å²) >= 11 is 0. The van der Waals surface area contributed by atoms with E-state index in [4.69, 9.17) is 5.26 Å². The fourth-order valence-electron chi connectivity index (χ4n) is 2.04. The predicted molar refractivity (Wildman–Crippen MR) is 62.6 cm³/mol. The molecule has 1 aliphatic heterocycles. The Balaban J connectivity index is 2.22. The summed E-state index contributed by atoms with van der Waals surface area (Å²) in [7, 11) is 0. The monoisotopic (exact) mass is 230 g/mol. The van der Waals surface area contributed by atoms with Gasteiger partial charge in [0.25, 0.3) is 5.91 Å². The number of hydrogen-bond donors (Lipinski definition) is 1. The number of piperidine rings is 1. The molecule has 1 N–H and O–H groups in total. The number of carbonyl (C=O) groups is 1. The number of hydrogen-bond acceptors (Lipinski definition) is 3. The Morgan fingerprint density at radius 2 is 2.00 bits per heavy atom. The lowest BCUT2D eigenvalue weighted by molar-refractivity contribution is 0.0724. The average molecular weight is 230 g/mol. The summed E-state index contributed by atoms with van der Waals surface area (Å²) in [5.41, 5.74) is 0.620. The smallest absolute Gasteiger partial charge is 0.253 e. The first-order valence-corrected chi connectivity index (χ1v) is 5.75. The normalized spacial score (nSPS) is 15.4. The highest BCUT2D eigenvalue weighted by atomic mass is 16.3. The first-order valence-electron chi connectivity index (χ1n) is 5.75. The molecule has 1 heterocycles. The zero-order valence-corrected chi connectivity index (χ0v) is 9.52. The third kappa shape index (κ3) is 2.39. The van der Waals surface area contributed by atoms with E-state index < -0.39 is 0 Å². The Morgan fingerprint density at radius 1 is 1.29 bits per heavy atom. The zero-order chi connectivity index (χ0) is 12.3. The summed E-state index contributed by atoms with van der Waals surface area (Å²) in [6.45, 7) is 1.56. The number of likely N-dealkylation sites (tertiary alicyclic amines) is 1. The highest BCUT2D eigenvalue weighted by Gasteiger charge is 2.18. The molecule has 0 atom stereocenters. The lowest BCUT2D eigenvalue weighted by atomic mass is 10.1. The molecule has 0 aromatic heterocycles. The maximum atomic E-state index is 12.1. The number of carbonyl (C=O) groups excluding carboxylic acids is 1. The first kappa shape index (κ1) is 11.5. The van der Waals surface area contributed by atoms with Crippen LogP contribution in [0.5, 0.6) is 5.75 Å². The van der Waals surface area contributed by atoms with Crippen LogP contribution in [0.15, 0.2) is 18.2 Å². The van der Waals surface area contributed by atoms with Crippen molar-refractivity contribution in [1.82, 2.24) is 4.90 Å². The fraction of sp³-hybridized carbons (Fsp3) is 0.385. The minimum atomic E-state index is -0.0808. The number of aromatic hydroxyl groups is 1. The Labute approximate surface area is 100 Å². The van der Waals surface area contributed by atoms with Crippen LogP contribution in [0, 0.1) is 11.3 Å². The molecule has 1 aromatic rings. The molecule has 0 spiro atoms. The quantitative estimate of drug-likeness (QED) is 0.801. The van der Waals surface area contributed by atoms with E-state index in [1.54, 1.807) is 11.0 Å². The van der Waals surface area contributed by atoms with Crippen molar-refractivity contribution in [2.75, 3.05) is 13.1 Å². The van der Waals surface area contributed by atoms with Gasteiger partial charge >= 0.3 is 0 Å². The van der Waals surface area contributed by atoms with Gasteiger partial charge in [-0.15, -0.1) is 0 Å². The van der Waals surface area contributed by atoms with Gasteiger partial charge in [-0.1, -0.05) is 0 Å². The molecule has 0 unspecified atom stereocenters. The molecule has 1 fully saturated rings. The van der Waals surface area contributed by atoms with E-state index in [1.165, 1.54) is 18.6 Å². The molecule has 0 radical (unpaired) electrons. The molecular formula is C13H14N2O2. The van der Waals surface area contributed by atoms with Crippen LogP contribution in [0.2, 0.25) is 0 Å². The van der Waals surface area contributed by atoms with Gasteiger partial charge in [0, 0.05) is 18.7 Å². The molecule has 0 aliphatic carbocycles. The molecule has 1 aliphatic rings. The van der Waals surface area contributed by atoms with E-state index in [0.29, 0.717) is 5.56 Å². The second-order valence-corrected chi connectivity index (χ2v) is 4.20. The van der Waals surface area contributed by atoms with Gasteiger partial charge in [0.15, 0.2) is 0 Å². The van der Waals surface area contributed by atoms with Crippen molar-refractivity contribution in [1.29, 1.82) is 5.26 Å². The van der Waals surface area contributed by atoms with Gasteiger partial charge in [0.2, 0.25) is 0 Å². The molecule has 88 valence electrons. The molecule has 1 saturated heterocycles. The minimum absolute atomic E-state index is 0.0544. The molecule has 4 nitrogen and oxygen atoms in total. The number of nitrogens with zero attached hydrogens (tertiary/aromatic N) is 2. The minimum Gasteiger partial charge on any atom is -0.507 e. The molecule has 0 bridgehead atoms. The Morgan fingerprint density at radius 3 is 2.65 bits per heavy atom. The van der Waals surface area contributed by atoms with Crippen LogP contribution in [0.25, 0.3) is 0 Å². The van der Waals surface area contributed by atoms with Gasteiger partial charge < -0.3 is 10.0 Å². The van der Waals surface area contributed by atoms with E-state index >= 15 is 0 Å². The number of nitriles is 1. The van der Waals surface area contributed by atoms with Crippen molar-refractivity contribution in [3.63, 3.8) is 0 Å². The van der Waals surface area contributed by atoms with Crippen molar-refractivity contribution in [3.8, 4) is 11.8 Å². The number of phenols is 1. The summed E-state index contributed by atoms with van der Waals surface area (Å²) in [5, 5.41) is 18.2. The molecule has 1 aromatic carbocycles. The lowest BCUT2D eigenvalue weighted by Gasteiger charge is -2.26. The van der Waals surface area contributed by atoms with Crippen LogP contribution in [-0.4, -0.2) is 29.0 Å². The Bertz CT molecular complexity index is 471. The number of benzene rings is 1. The number of phenolic OH excluding ortho intramolecular Hbond substituents is 1. The van der Waals surface area contributed by atoms with Crippen LogP contribution in [-0.2, 0) is 0 Å². The van der Waals surface area contributed by atoms with Crippen molar-refractivity contribution in [2.24, 2.45) is 0 Å². The van der Waals surface area contributed by atoms with Gasteiger partial charge in [0.05, 0.1) is 5.56 Å². The third-order valence-corrected chi connectivity index (χ3v) is 3.01. The van der Waals surface area contributed by atoms with Gasteiger partial charge in [0.1, 0.15) is 11.8 Å². The molecule has 4 heteroatoms. The van der Waals surface area contributed by atoms with Crippen LogP contribution in [0.3, 0.4) is 0 Å². The van der Waals surface area contributed by atoms with Crippen molar-refractivity contribution >= 4 is 5.91 Å². The summed E-state index contributed by atoms with van der Waals surface area (Å²) in [6, 6.07) is 6.28. The lowest BCUT2D eigenvalue weighted by Crippen LogP contribution is -2.35. The molecule has 1 amide bonds. The van der Waals surface area contributed by atoms with Gasteiger partial charge in [-0.2, -0.15) is 5.26 Å². The van der Waals surface area contributed by atoms with Gasteiger partial charge in [-0.05, 0) is 37.5 Å². The predicted octanol–water partition coefficient (Wildman–Crippen LogP) is 1.89. The van der Waals surface area contributed by atoms with E-state index in [0.717, 1.165) is 25.9 Å². The van der Waals surface area contributed by atoms with Crippen LogP contribution in [0.1, 0.15) is 35.2 Å². The van der Waals surface area contributed by atoms with Crippen LogP contribution < -0.4 is 0 Å². The van der Waals surface area contributed by atoms with Crippen LogP contribution in [0.4, 0.5) is 0 Å². The zero-order valence-electron chi connectivity index (χ0n) is 9.52.